The van der Waals surface area contributed by atoms with Crippen LogP contribution >= 0.6 is 0 Å². The molecule has 4 aromatic rings. The number of hydrogen-bond donors (Lipinski definition) is 3. The maximum absolute atomic E-state index is 13.8. The fraction of sp³-hybridized carbons (Fsp3) is 0.333. The van der Waals surface area contributed by atoms with E-state index in [0.29, 0.717) is 25.1 Å². The third-order valence-corrected chi connectivity index (χ3v) is 8.28. The lowest BCUT2D eigenvalue weighted by Gasteiger charge is -2.37. The van der Waals surface area contributed by atoms with Crippen molar-refractivity contribution in [2.75, 3.05) is 23.4 Å². The third-order valence-electron chi connectivity index (χ3n) is 8.28. The number of urea groups is 1. The molecule has 2 heterocycles. The van der Waals surface area contributed by atoms with Gasteiger partial charge < -0.3 is 25.0 Å². The molecule has 0 spiro atoms. The van der Waals surface area contributed by atoms with Crippen LogP contribution in [0.4, 0.5) is 16.3 Å². The molecule has 1 saturated carbocycles. The van der Waals surface area contributed by atoms with E-state index in [1.807, 2.05) is 71.8 Å². The standard InChI is InChI=1S/C36H40N6O4/c1-41-25-29(9-19-35(41)44)28-7-12-31(13-8-28)42(32-14-10-30(11-15-32)40-34-18-6-27(22-37)24-38-34)36(45)39-23-26-4-16-33(17-5-26)46-21-3-2-20-43/h4-9,12-13,16-19,24-25,30,32,43H,2-3,10-11,14-15,20-21,23H2,1H3,(H,38,40)(H,39,45). The van der Waals surface area contributed by atoms with E-state index >= 15 is 0 Å². The van der Waals surface area contributed by atoms with Crippen LogP contribution in [0.1, 0.15) is 49.7 Å². The van der Waals surface area contributed by atoms with E-state index in [9.17, 15) is 9.59 Å². The van der Waals surface area contributed by atoms with Gasteiger partial charge in [0.1, 0.15) is 17.6 Å². The number of anilines is 2. The zero-order chi connectivity index (χ0) is 32.3. The Morgan fingerprint density at radius 2 is 1.74 bits per heavy atom. The number of unbranched alkanes of at least 4 members (excludes halogenated alkanes) is 1. The highest BCUT2D eigenvalue weighted by molar-refractivity contribution is 5.93. The molecule has 0 radical (unpaired) electrons. The molecule has 2 aromatic heterocycles. The highest BCUT2D eigenvalue weighted by atomic mass is 16.5. The number of ether oxygens (including phenoxy) is 1. The zero-order valence-electron chi connectivity index (χ0n) is 26.1. The Morgan fingerprint density at radius 1 is 1.00 bits per heavy atom. The average Bonchev–Trinajstić information content (AvgIpc) is 3.09. The Morgan fingerprint density at radius 3 is 2.39 bits per heavy atom. The van der Waals surface area contributed by atoms with Gasteiger partial charge in [0.15, 0.2) is 0 Å². The average molecular weight is 621 g/mol. The predicted molar refractivity (Wildman–Crippen MR) is 179 cm³/mol. The summed E-state index contributed by atoms with van der Waals surface area (Å²) in [5.74, 6) is 1.50. The first-order chi connectivity index (χ1) is 22.4. The minimum absolute atomic E-state index is 0.00469. The van der Waals surface area contributed by atoms with Crippen molar-refractivity contribution in [3.05, 3.63) is 107 Å². The summed E-state index contributed by atoms with van der Waals surface area (Å²) in [6, 6.07) is 24.7. The number of pyridine rings is 2. The number of carbonyl (C=O) groups is 1. The Labute approximate surface area is 269 Å². The van der Waals surface area contributed by atoms with Crippen LogP contribution in [-0.2, 0) is 13.6 Å². The number of nitrogens with one attached hydrogen (secondary N) is 2. The van der Waals surface area contributed by atoms with Crippen LogP contribution in [0.5, 0.6) is 5.75 Å². The van der Waals surface area contributed by atoms with Gasteiger partial charge in [-0.25, -0.2) is 9.78 Å². The summed E-state index contributed by atoms with van der Waals surface area (Å²) in [5, 5.41) is 24.6. The molecule has 3 N–H and O–H groups in total. The number of amides is 2. The van der Waals surface area contributed by atoms with E-state index in [1.165, 1.54) is 0 Å². The van der Waals surface area contributed by atoms with Crippen molar-refractivity contribution in [3.8, 4) is 22.9 Å². The fourth-order valence-electron chi connectivity index (χ4n) is 5.68. The van der Waals surface area contributed by atoms with E-state index in [4.69, 9.17) is 15.1 Å². The minimum Gasteiger partial charge on any atom is -0.494 e. The number of benzene rings is 2. The molecule has 0 saturated heterocycles. The number of aromatic nitrogens is 2. The van der Waals surface area contributed by atoms with Gasteiger partial charge >= 0.3 is 6.03 Å². The Balaban J connectivity index is 1.27. The number of aliphatic hydroxyl groups is 1. The van der Waals surface area contributed by atoms with Crippen molar-refractivity contribution >= 4 is 17.5 Å². The molecule has 0 atom stereocenters. The van der Waals surface area contributed by atoms with Crippen molar-refractivity contribution in [1.29, 1.82) is 5.26 Å². The predicted octanol–water partition coefficient (Wildman–Crippen LogP) is 5.61. The van der Waals surface area contributed by atoms with Gasteiger partial charge in [-0.1, -0.05) is 24.3 Å². The molecule has 0 aliphatic heterocycles. The van der Waals surface area contributed by atoms with Crippen molar-refractivity contribution in [2.45, 2.75) is 57.2 Å². The number of nitriles is 1. The van der Waals surface area contributed by atoms with Gasteiger partial charge in [0.2, 0.25) is 5.56 Å². The lowest BCUT2D eigenvalue weighted by Crippen LogP contribution is -2.48. The molecular formula is C36H40N6O4. The zero-order valence-corrected chi connectivity index (χ0v) is 26.1. The number of aliphatic hydroxyl groups excluding tert-OH is 1. The number of nitrogens with zero attached hydrogens (tertiary/aromatic N) is 4. The summed E-state index contributed by atoms with van der Waals surface area (Å²) in [4.78, 5) is 31.9. The van der Waals surface area contributed by atoms with E-state index in [1.54, 1.807) is 29.9 Å². The Kier molecular flexibility index (Phi) is 11.0. The maximum atomic E-state index is 13.8. The van der Waals surface area contributed by atoms with Gasteiger partial charge in [-0.2, -0.15) is 5.26 Å². The molecule has 0 unspecified atom stereocenters. The van der Waals surface area contributed by atoms with Crippen LogP contribution in [0, 0.1) is 11.3 Å². The summed E-state index contributed by atoms with van der Waals surface area (Å²) in [6.07, 6.45) is 8.24. The van der Waals surface area contributed by atoms with Crippen LogP contribution in [0.25, 0.3) is 11.1 Å². The first kappa shape index (κ1) is 32.3. The molecule has 1 fully saturated rings. The molecule has 46 heavy (non-hydrogen) atoms. The number of aryl methyl sites for hydroxylation is 1. The molecule has 10 nitrogen and oxygen atoms in total. The Bertz CT molecular complexity index is 1670. The van der Waals surface area contributed by atoms with Gasteiger partial charge in [0.05, 0.1) is 12.2 Å². The molecule has 2 aromatic carbocycles. The van der Waals surface area contributed by atoms with E-state index in [2.05, 4.69) is 21.7 Å². The SMILES string of the molecule is Cn1cc(-c2ccc(N(C(=O)NCc3ccc(OCCCCO)cc3)C3CCC(Nc4ccc(C#N)cn4)CC3)cc2)ccc1=O. The van der Waals surface area contributed by atoms with Gasteiger partial charge in [-0.3, -0.25) is 9.69 Å². The second kappa shape index (κ2) is 15.7. The van der Waals surface area contributed by atoms with E-state index in [0.717, 1.165) is 66.0 Å². The number of carbonyl (C=O) groups excluding carboxylic acids is 1. The monoisotopic (exact) mass is 620 g/mol. The molecule has 5 rings (SSSR count). The lowest BCUT2D eigenvalue weighted by atomic mass is 9.89. The first-order valence-corrected chi connectivity index (χ1v) is 15.7. The molecule has 1 aliphatic rings. The fourth-order valence-corrected chi connectivity index (χ4v) is 5.68. The highest BCUT2D eigenvalue weighted by Crippen LogP contribution is 2.31. The van der Waals surface area contributed by atoms with Crippen LogP contribution < -0.4 is 25.8 Å². The molecule has 10 heteroatoms. The van der Waals surface area contributed by atoms with Crippen molar-refractivity contribution in [2.24, 2.45) is 7.05 Å². The number of rotatable bonds is 12. The van der Waals surface area contributed by atoms with Gasteiger partial charge in [0.25, 0.3) is 0 Å². The molecule has 0 bridgehead atoms. The van der Waals surface area contributed by atoms with Crippen LogP contribution in [0.3, 0.4) is 0 Å². The lowest BCUT2D eigenvalue weighted by molar-refractivity contribution is 0.240. The van der Waals surface area contributed by atoms with Crippen molar-refractivity contribution < 1.29 is 14.6 Å². The summed E-state index contributed by atoms with van der Waals surface area (Å²) in [6.45, 7) is 1.08. The summed E-state index contributed by atoms with van der Waals surface area (Å²) in [5.41, 5.74) is 4.11. The van der Waals surface area contributed by atoms with Gasteiger partial charge in [0, 0.05) is 56.4 Å². The highest BCUT2D eigenvalue weighted by Gasteiger charge is 2.30. The summed E-state index contributed by atoms with van der Waals surface area (Å²) >= 11 is 0. The molecular weight excluding hydrogens is 580 g/mol. The largest absolute Gasteiger partial charge is 0.494 e. The van der Waals surface area contributed by atoms with E-state index in [-0.39, 0.29) is 30.3 Å². The smallest absolute Gasteiger partial charge is 0.322 e. The summed E-state index contributed by atoms with van der Waals surface area (Å²) in [7, 11) is 1.73. The minimum atomic E-state index is -0.163. The van der Waals surface area contributed by atoms with Crippen LogP contribution in [-0.4, -0.2) is 46.0 Å². The molecule has 2 amide bonds. The topological polar surface area (TPSA) is 133 Å². The van der Waals surface area contributed by atoms with Crippen molar-refractivity contribution in [3.63, 3.8) is 0 Å². The maximum Gasteiger partial charge on any atom is 0.322 e. The van der Waals surface area contributed by atoms with Gasteiger partial charge in [-0.15, -0.1) is 0 Å². The van der Waals surface area contributed by atoms with Crippen molar-refractivity contribution in [1.82, 2.24) is 14.9 Å². The number of hydrogen-bond acceptors (Lipinski definition) is 7. The second-order valence-electron chi connectivity index (χ2n) is 11.6. The second-order valence-corrected chi connectivity index (χ2v) is 11.6. The van der Waals surface area contributed by atoms with Crippen LogP contribution in [0.15, 0.2) is 90.0 Å². The first-order valence-electron chi connectivity index (χ1n) is 15.7. The quantitative estimate of drug-likeness (QED) is 0.175. The third kappa shape index (κ3) is 8.52. The van der Waals surface area contributed by atoms with E-state index < -0.39 is 0 Å². The molecule has 238 valence electrons. The Hall–Kier alpha value is -5.14. The molecule has 1 aliphatic carbocycles. The van der Waals surface area contributed by atoms with Gasteiger partial charge in [-0.05, 0) is 97.7 Å². The normalized spacial score (nSPS) is 15.8. The van der Waals surface area contributed by atoms with Crippen LogP contribution in [0.2, 0.25) is 0 Å². The summed E-state index contributed by atoms with van der Waals surface area (Å²) < 4.78 is 7.28.